The number of aliphatic carboxylic acids is 1. The molecule has 6 heterocycles. The molecule has 0 aliphatic carbocycles. The van der Waals surface area contributed by atoms with Crippen molar-refractivity contribution in [3.8, 4) is 10.7 Å². The van der Waals surface area contributed by atoms with E-state index in [9.17, 15) is 24.3 Å². The molecule has 0 bridgehead atoms. The predicted molar refractivity (Wildman–Crippen MR) is 154 cm³/mol. The van der Waals surface area contributed by atoms with Crippen LogP contribution in [-0.4, -0.2) is 108 Å². The molecule has 0 aromatic carbocycles. The Morgan fingerprint density at radius 1 is 1.36 bits per heavy atom. The Hall–Kier alpha value is -3.34. The number of likely N-dealkylation sites (tertiary alicyclic amines) is 1. The van der Waals surface area contributed by atoms with Crippen molar-refractivity contribution < 1.29 is 24.3 Å². The number of thiophene rings is 1. The van der Waals surface area contributed by atoms with Crippen molar-refractivity contribution in [3.63, 3.8) is 0 Å². The number of rotatable bonds is 9. The SMILES string of the molecule is C[C@@H](NC(=O)Cn1nnnc1-c1cccs1)[C@H]1C(=O)N2C(C(=O)O)=C(S[C@@H]3CN[C@H](C(=O)N4CC[C@@H](N)C4)C3)[C@H](C)[C@H]12. The highest BCUT2D eigenvalue weighted by Gasteiger charge is 2.60. The van der Waals surface area contributed by atoms with Gasteiger partial charge in [-0.1, -0.05) is 13.0 Å². The summed E-state index contributed by atoms with van der Waals surface area (Å²) in [5.41, 5.74) is 5.98. The van der Waals surface area contributed by atoms with Gasteiger partial charge in [-0.2, -0.15) is 0 Å². The maximum absolute atomic E-state index is 13.3. The Morgan fingerprint density at radius 2 is 2.17 bits per heavy atom. The van der Waals surface area contributed by atoms with Crippen LogP contribution in [-0.2, 0) is 25.7 Å². The van der Waals surface area contributed by atoms with Gasteiger partial charge in [-0.15, -0.1) is 28.2 Å². The fourth-order valence-corrected chi connectivity index (χ4v) is 8.68. The number of carboxylic acids is 1. The van der Waals surface area contributed by atoms with Crippen LogP contribution >= 0.6 is 23.1 Å². The van der Waals surface area contributed by atoms with Gasteiger partial charge >= 0.3 is 5.97 Å². The van der Waals surface area contributed by atoms with Gasteiger partial charge < -0.3 is 31.3 Å². The molecule has 2 aromatic heterocycles. The van der Waals surface area contributed by atoms with Crippen LogP contribution in [0.3, 0.4) is 0 Å². The van der Waals surface area contributed by atoms with E-state index < -0.39 is 17.9 Å². The lowest BCUT2D eigenvalue weighted by molar-refractivity contribution is -0.158. The van der Waals surface area contributed by atoms with Crippen molar-refractivity contribution in [2.75, 3.05) is 19.6 Å². The number of nitrogens with zero attached hydrogens (tertiary/aromatic N) is 6. The zero-order valence-corrected chi connectivity index (χ0v) is 24.8. The molecule has 16 heteroatoms. The van der Waals surface area contributed by atoms with Crippen LogP contribution in [0.5, 0.6) is 0 Å². The Labute approximate surface area is 250 Å². The summed E-state index contributed by atoms with van der Waals surface area (Å²) in [7, 11) is 0. The Morgan fingerprint density at radius 3 is 2.86 bits per heavy atom. The molecule has 0 spiro atoms. The van der Waals surface area contributed by atoms with Crippen molar-refractivity contribution in [1.29, 1.82) is 0 Å². The van der Waals surface area contributed by atoms with Crippen molar-refractivity contribution in [2.45, 2.75) is 62.7 Å². The van der Waals surface area contributed by atoms with Crippen LogP contribution in [0.4, 0.5) is 0 Å². The third-order valence-corrected chi connectivity index (χ3v) is 10.9. The standard InChI is InChI=1S/C26H33N9O5S2/c1-12-20-19(13(2)29-18(36)11-34-23(30-31-32-34)17-4-3-7-41-17)25(38)35(20)21(26(39)40)22(12)42-15-8-16(28-9-15)24(37)33-6-5-14(27)10-33/h3-4,7,12-16,19-20,28H,5-6,8-11,27H2,1-2H3,(H,29,36)(H,39,40)/t12-,13-,14-,15+,16+,19-,20-/m1/s1. The molecule has 2 aromatic rings. The second-order valence-corrected chi connectivity index (χ2v) is 13.6. The number of nitrogens with two attached hydrogens (primary N) is 1. The average Bonchev–Trinajstić information content (AvgIpc) is 3.76. The largest absolute Gasteiger partial charge is 0.477 e. The summed E-state index contributed by atoms with van der Waals surface area (Å²) in [5.74, 6) is -2.12. The summed E-state index contributed by atoms with van der Waals surface area (Å²) in [6, 6.07) is 2.50. The minimum atomic E-state index is -1.15. The monoisotopic (exact) mass is 615 g/mol. The number of aromatic nitrogens is 4. The molecule has 4 aliphatic rings. The van der Waals surface area contributed by atoms with Crippen LogP contribution in [0.15, 0.2) is 28.1 Å². The zero-order valence-electron chi connectivity index (χ0n) is 23.2. The molecule has 4 aliphatic heterocycles. The van der Waals surface area contributed by atoms with Gasteiger partial charge in [0, 0.05) is 47.8 Å². The second-order valence-electron chi connectivity index (χ2n) is 11.3. The summed E-state index contributed by atoms with van der Waals surface area (Å²) in [4.78, 5) is 56.2. The van der Waals surface area contributed by atoms with Crippen molar-refractivity contribution in [2.24, 2.45) is 17.6 Å². The maximum Gasteiger partial charge on any atom is 0.353 e. The summed E-state index contributed by atoms with van der Waals surface area (Å²) in [5, 5.41) is 29.8. The third kappa shape index (κ3) is 5.09. The van der Waals surface area contributed by atoms with E-state index in [1.54, 1.807) is 11.8 Å². The molecule has 3 amide bonds. The van der Waals surface area contributed by atoms with E-state index in [4.69, 9.17) is 5.73 Å². The maximum atomic E-state index is 13.3. The molecule has 7 atom stereocenters. The third-order valence-electron chi connectivity index (χ3n) is 8.50. The van der Waals surface area contributed by atoms with E-state index in [0.717, 1.165) is 11.3 Å². The van der Waals surface area contributed by atoms with Gasteiger partial charge in [0.05, 0.1) is 22.9 Å². The topological polar surface area (TPSA) is 189 Å². The van der Waals surface area contributed by atoms with E-state index in [0.29, 0.717) is 36.8 Å². The van der Waals surface area contributed by atoms with Gasteiger partial charge in [0.15, 0.2) is 5.82 Å². The van der Waals surface area contributed by atoms with Gasteiger partial charge in [0.2, 0.25) is 17.7 Å². The number of hydrogen-bond acceptors (Lipinski definition) is 11. The molecule has 14 nitrogen and oxygen atoms in total. The highest BCUT2D eigenvalue weighted by molar-refractivity contribution is 8.03. The Balaban J connectivity index is 1.09. The van der Waals surface area contributed by atoms with Gasteiger partial charge in [-0.25, -0.2) is 9.48 Å². The molecule has 0 unspecified atom stereocenters. The Kier molecular flexibility index (Phi) is 7.80. The van der Waals surface area contributed by atoms with Crippen LogP contribution in [0.2, 0.25) is 0 Å². The van der Waals surface area contributed by atoms with Gasteiger partial charge in [-0.3, -0.25) is 14.4 Å². The summed E-state index contributed by atoms with van der Waals surface area (Å²) < 4.78 is 1.41. The van der Waals surface area contributed by atoms with Gasteiger partial charge in [-0.05, 0) is 41.6 Å². The summed E-state index contributed by atoms with van der Waals surface area (Å²) >= 11 is 2.90. The first-order chi connectivity index (χ1) is 20.1. The molecule has 3 fully saturated rings. The van der Waals surface area contributed by atoms with Crippen molar-refractivity contribution in [1.82, 2.24) is 40.6 Å². The molecule has 6 rings (SSSR count). The van der Waals surface area contributed by atoms with Crippen LogP contribution in [0.25, 0.3) is 10.7 Å². The highest BCUT2D eigenvalue weighted by atomic mass is 32.2. The first kappa shape index (κ1) is 28.8. The molecule has 0 saturated carbocycles. The summed E-state index contributed by atoms with van der Waals surface area (Å²) in [6.45, 7) is 5.34. The quantitative estimate of drug-likeness (QED) is 0.271. The molecule has 42 heavy (non-hydrogen) atoms. The number of carbonyl (C=O) groups is 4. The van der Waals surface area contributed by atoms with Crippen molar-refractivity contribution in [3.05, 3.63) is 28.1 Å². The normalized spacial score (nSPS) is 29.5. The number of amides is 3. The van der Waals surface area contributed by atoms with Crippen LogP contribution < -0.4 is 16.4 Å². The van der Waals surface area contributed by atoms with Gasteiger partial charge in [0.1, 0.15) is 12.2 Å². The van der Waals surface area contributed by atoms with Crippen molar-refractivity contribution >= 4 is 46.8 Å². The first-order valence-electron chi connectivity index (χ1n) is 14.0. The molecule has 3 saturated heterocycles. The van der Waals surface area contributed by atoms with E-state index in [1.807, 2.05) is 24.4 Å². The average molecular weight is 616 g/mol. The minimum absolute atomic E-state index is 0.00634. The van der Waals surface area contributed by atoms with E-state index >= 15 is 0 Å². The lowest BCUT2D eigenvalue weighted by atomic mass is 9.78. The molecule has 0 radical (unpaired) electrons. The first-order valence-corrected chi connectivity index (χ1v) is 15.7. The molecule has 224 valence electrons. The molecular weight excluding hydrogens is 582 g/mol. The van der Waals surface area contributed by atoms with Crippen LogP contribution in [0, 0.1) is 11.8 Å². The van der Waals surface area contributed by atoms with E-state index in [1.165, 1.54) is 32.7 Å². The number of β-lactam (4-membered cyclic amide) rings is 1. The number of fused-ring (bicyclic) bond motifs is 1. The number of carbonyl (C=O) groups excluding carboxylic acids is 3. The number of hydrogen-bond donors (Lipinski definition) is 4. The van der Waals surface area contributed by atoms with Gasteiger partial charge in [0.25, 0.3) is 0 Å². The van der Waals surface area contributed by atoms with Crippen LogP contribution in [0.1, 0.15) is 26.7 Å². The number of carboxylic acid groups (broad SMARTS) is 1. The van der Waals surface area contributed by atoms with E-state index in [-0.39, 0.29) is 59.3 Å². The second kappa shape index (κ2) is 11.4. The van der Waals surface area contributed by atoms with E-state index in [2.05, 4.69) is 26.2 Å². The lowest BCUT2D eigenvalue weighted by Gasteiger charge is -2.47. The number of thioether (sulfide) groups is 1. The smallest absolute Gasteiger partial charge is 0.353 e. The zero-order chi connectivity index (χ0) is 29.7. The fraction of sp³-hybridized carbons (Fsp3) is 0.577. The number of nitrogens with one attached hydrogen (secondary N) is 2. The lowest BCUT2D eigenvalue weighted by Crippen LogP contribution is -2.66. The predicted octanol–water partition coefficient (Wildman–Crippen LogP) is -0.297. The fourth-order valence-electron chi connectivity index (χ4n) is 6.48. The number of tetrazole rings is 1. The molecular formula is C26H33N9O5S2. The minimum Gasteiger partial charge on any atom is -0.477 e. The summed E-state index contributed by atoms with van der Waals surface area (Å²) in [6.07, 6.45) is 1.36. The Bertz CT molecular complexity index is 1430. The molecule has 5 N–H and O–H groups in total. The highest BCUT2D eigenvalue weighted by Crippen LogP contribution is 2.51.